The van der Waals surface area contributed by atoms with Gasteiger partial charge in [0, 0.05) is 5.56 Å². The minimum atomic E-state index is -1.30. The lowest BCUT2D eigenvalue weighted by atomic mass is 9.99. The van der Waals surface area contributed by atoms with Gasteiger partial charge in [-0.25, -0.2) is 4.79 Å². The maximum atomic E-state index is 11.5. The molecule has 0 fully saturated rings. The highest BCUT2D eigenvalue weighted by molar-refractivity contribution is 5.77. The number of rotatable bonds is 5. The van der Waals surface area contributed by atoms with E-state index in [1.54, 1.807) is 13.0 Å². The van der Waals surface area contributed by atoms with E-state index in [0.717, 1.165) is 5.56 Å². The number of carbonyl (C=O) groups excluding carboxylic acids is 1. The van der Waals surface area contributed by atoms with Crippen molar-refractivity contribution in [1.82, 2.24) is 0 Å². The number of methoxy groups -OCH3 is 1. The van der Waals surface area contributed by atoms with Gasteiger partial charge in [-0.3, -0.25) is 0 Å². The molecule has 1 aromatic rings. The average molecular weight is 252 g/mol. The molecule has 0 heterocycles. The zero-order valence-corrected chi connectivity index (χ0v) is 11.3. The van der Waals surface area contributed by atoms with Crippen molar-refractivity contribution < 1.29 is 19.4 Å². The Kier molecular flexibility index (Phi) is 5.16. The van der Waals surface area contributed by atoms with E-state index in [-0.39, 0.29) is 6.61 Å². The Morgan fingerprint density at radius 2 is 2.06 bits per heavy atom. The number of benzene rings is 1. The first-order valence-electron chi connectivity index (χ1n) is 6.03. The molecule has 1 N–H and O–H groups in total. The van der Waals surface area contributed by atoms with Crippen LogP contribution in [-0.4, -0.2) is 24.8 Å². The van der Waals surface area contributed by atoms with Crippen LogP contribution in [0.2, 0.25) is 0 Å². The summed E-state index contributed by atoms with van der Waals surface area (Å²) in [5, 5.41) is 9.91. The van der Waals surface area contributed by atoms with Gasteiger partial charge in [0.25, 0.3) is 0 Å². The van der Waals surface area contributed by atoms with Crippen LogP contribution in [0.1, 0.15) is 43.9 Å². The Labute approximate surface area is 108 Å². The topological polar surface area (TPSA) is 55.8 Å². The summed E-state index contributed by atoms with van der Waals surface area (Å²) in [6.07, 6.45) is -1.30. The predicted molar refractivity (Wildman–Crippen MR) is 68.7 cm³/mol. The van der Waals surface area contributed by atoms with Crippen molar-refractivity contribution in [1.29, 1.82) is 0 Å². The first kappa shape index (κ1) is 14.5. The molecular formula is C14H20O4. The maximum Gasteiger partial charge on any atom is 0.339 e. The van der Waals surface area contributed by atoms with Gasteiger partial charge in [-0.2, -0.15) is 0 Å². The molecule has 18 heavy (non-hydrogen) atoms. The summed E-state index contributed by atoms with van der Waals surface area (Å²) >= 11 is 0. The summed E-state index contributed by atoms with van der Waals surface area (Å²) in [7, 11) is 1.51. The normalized spacial score (nSPS) is 12.3. The van der Waals surface area contributed by atoms with Crippen molar-refractivity contribution in [3.8, 4) is 5.75 Å². The van der Waals surface area contributed by atoms with E-state index in [2.05, 4.69) is 13.8 Å². The van der Waals surface area contributed by atoms with E-state index >= 15 is 0 Å². The fourth-order valence-electron chi connectivity index (χ4n) is 1.66. The molecule has 100 valence electrons. The van der Waals surface area contributed by atoms with E-state index in [0.29, 0.717) is 17.2 Å². The third-order valence-electron chi connectivity index (χ3n) is 2.73. The summed E-state index contributed by atoms with van der Waals surface area (Å²) < 4.78 is 10.0. The molecule has 0 aliphatic rings. The molecule has 0 saturated carbocycles. The number of esters is 1. The molecule has 4 heteroatoms. The molecule has 0 saturated heterocycles. The third kappa shape index (κ3) is 3.23. The molecule has 0 aliphatic carbocycles. The SMILES string of the molecule is CCOC(=O)C(O)c1ccc(C(C)C)cc1OC. The van der Waals surface area contributed by atoms with Gasteiger partial charge in [0.05, 0.1) is 13.7 Å². The standard InChI is InChI=1S/C14H20O4/c1-5-18-14(16)13(15)11-7-6-10(9(2)3)8-12(11)17-4/h6-9,13,15H,5H2,1-4H3. The van der Waals surface area contributed by atoms with E-state index in [9.17, 15) is 9.90 Å². The van der Waals surface area contributed by atoms with E-state index in [1.165, 1.54) is 7.11 Å². The molecule has 1 rings (SSSR count). The van der Waals surface area contributed by atoms with Gasteiger partial charge in [-0.05, 0) is 24.5 Å². The van der Waals surface area contributed by atoms with Gasteiger partial charge in [-0.15, -0.1) is 0 Å². The Bertz CT molecular complexity index is 412. The fraction of sp³-hybridized carbons (Fsp3) is 0.500. The minimum absolute atomic E-state index is 0.238. The van der Waals surface area contributed by atoms with Crippen LogP contribution in [0.3, 0.4) is 0 Å². The van der Waals surface area contributed by atoms with Crippen molar-refractivity contribution in [3.05, 3.63) is 29.3 Å². The molecule has 0 aromatic heterocycles. The maximum absolute atomic E-state index is 11.5. The smallest absolute Gasteiger partial charge is 0.339 e. The number of carbonyl (C=O) groups is 1. The van der Waals surface area contributed by atoms with E-state index < -0.39 is 12.1 Å². The van der Waals surface area contributed by atoms with Crippen molar-refractivity contribution in [2.75, 3.05) is 13.7 Å². The Hall–Kier alpha value is -1.55. The molecule has 1 aromatic carbocycles. The van der Waals surface area contributed by atoms with Gasteiger partial charge in [0.1, 0.15) is 5.75 Å². The van der Waals surface area contributed by atoms with Crippen molar-refractivity contribution in [3.63, 3.8) is 0 Å². The van der Waals surface area contributed by atoms with Crippen molar-refractivity contribution in [2.24, 2.45) is 0 Å². The Balaban J connectivity index is 3.05. The molecule has 0 spiro atoms. The van der Waals surface area contributed by atoms with Crippen LogP contribution in [0.25, 0.3) is 0 Å². The number of aliphatic hydroxyl groups excluding tert-OH is 1. The Morgan fingerprint density at radius 3 is 2.56 bits per heavy atom. The van der Waals surface area contributed by atoms with E-state index in [1.807, 2.05) is 12.1 Å². The minimum Gasteiger partial charge on any atom is -0.496 e. The summed E-state index contributed by atoms with van der Waals surface area (Å²) in [5.41, 5.74) is 1.52. The van der Waals surface area contributed by atoms with Gasteiger partial charge >= 0.3 is 5.97 Å². The Morgan fingerprint density at radius 1 is 1.39 bits per heavy atom. The summed E-state index contributed by atoms with van der Waals surface area (Å²) in [6, 6.07) is 5.42. The molecule has 0 bridgehead atoms. The van der Waals surface area contributed by atoms with Gasteiger partial charge < -0.3 is 14.6 Å². The van der Waals surface area contributed by atoms with Gasteiger partial charge in [0.15, 0.2) is 6.10 Å². The number of aliphatic hydroxyl groups is 1. The molecular weight excluding hydrogens is 232 g/mol. The zero-order valence-electron chi connectivity index (χ0n) is 11.3. The van der Waals surface area contributed by atoms with Crippen molar-refractivity contribution >= 4 is 5.97 Å². The van der Waals surface area contributed by atoms with Crippen LogP contribution >= 0.6 is 0 Å². The second-order valence-electron chi connectivity index (χ2n) is 4.31. The van der Waals surface area contributed by atoms with Crippen LogP contribution in [0, 0.1) is 0 Å². The highest BCUT2D eigenvalue weighted by Crippen LogP contribution is 2.29. The molecule has 0 amide bonds. The zero-order chi connectivity index (χ0) is 13.7. The predicted octanol–water partition coefficient (Wildman–Crippen LogP) is 2.42. The average Bonchev–Trinajstić information content (AvgIpc) is 2.37. The highest BCUT2D eigenvalue weighted by atomic mass is 16.5. The van der Waals surface area contributed by atoms with Crippen molar-refractivity contribution in [2.45, 2.75) is 32.8 Å². The van der Waals surface area contributed by atoms with Crippen LogP contribution in [-0.2, 0) is 9.53 Å². The molecule has 4 nitrogen and oxygen atoms in total. The summed E-state index contributed by atoms with van der Waals surface area (Å²) in [5.74, 6) is 0.197. The molecule has 1 unspecified atom stereocenters. The summed E-state index contributed by atoms with van der Waals surface area (Å²) in [4.78, 5) is 11.5. The molecule has 0 aliphatic heterocycles. The summed E-state index contributed by atoms with van der Waals surface area (Å²) in [6.45, 7) is 6.07. The highest BCUT2D eigenvalue weighted by Gasteiger charge is 2.22. The first-order valence-corrected chi connectivity index (χ1v) is 6.03. The third-order valence-corrected chi connectivity index (χ3v) is 2.73. The van der Waals surface area contributed by atoms with Crippen LogP contribution < -0.4 is 4.74 Å². The van der Waals surface area contributed by atoms with Crippen LogP contribution in [0.5, 0.6) is 5.75 Å². The number of ether oxygens (including phenoxy) is 2. The largest absolute Gasteiger partial charge is 0.496 e. The number of hydrogen-bond acceptors (Lipinski definition) is 4. The lowest BCUT2D eigenvalue weighted by Gasteiger charge is -2.16. The van der Waals surface area contributed by atoms with Crippen LogP contribution in [0.15, 0.2) is 18.2 Å². The molecule has 0 radical (unpaired) electrons. The second-order valence-corrected chi connectivity index (χ2v) is 4.31. The fourth-order valence-corrected chi connectivity index (χ4v) is 1.66. The van der Waals surface area contributed by atoms with Gasteiger partial charge in [-0.1, -0.05) is 26.0 Å². The lowest BCUT2D eigenvalue weighted by Crippen LogP contribution is -2.16. The van der Waals surface area contributed by atoms with Gasteiger partial charge in [0.2, 0.25) is 0 Å². The first-order chi connectivity index (χ1) is 8.51. The monoisotopic (exact) mass is 252 g/mol. The number of hydrogen-bond donors (Lipinski definition) is 1. The quantitative estimate of drug-likeness (QED) is 0.818. The second kappa shape index (κ2) is 6.40. The van der Waals surface area contributed by atoms with E-state index in [4.69, 9.17) is 9.47 Å². The molecule has 1 atom stereocenters. The lowest BCUT2D eigenvalue weighted by molar-refractivity contribution is -0.153. The van der Waals surface area contributed by atoms with Crippen LogP contribution in [0.4, 0.5) is 0 Å².